The lowest BCUT2D eigenvalue weighted by Crippen LogP contribution is -2.14. The largest absolute Gasteiger partial charge is 0.309 e. The summed E-state index contributed by atoms with van der Waals surface area (Å²) in [6, 6.07) is 56.5. The monoisotopic (exact) mass is 642 g/mol. The Morgan fingerprint density at radius 2 is 1.02 bits per heavy atom. The predicted octanol–water partition coefficient (Wildman–Crippen LogP) is 13.0. The zero-order chi connectivity index (χ0) is 33.7. The summed E-state index contributed by atoms with van der Waals surface area (Å²) in [5.74, 6) is 0.464. The van der Waals surface area contributed by atoms with Crippen molar-refractivity contribution in [1.82, 2.24) is 9.13 Å². The molecule has 0 spiro atoms. The van der Waals surface area contributed by atoms with Gasteiger partial charge in [0.2, 0.25) is 0 Å². The van der Waals surface area contributed by atoms with Crippen molar-refractivity contribution in [2.45, 2.75) is 39.0 Å². The summed E-state index contributed by atoms with van der Waals surface area (Å²) < 4.78 is 4.85. The van der Waals surface area contributed by atoms with Crippen molar-refractivity contribution in [3.05, 3.63) is 168 Å². The SMILES string of the molecule is CC(C)c1ccc2c(c1)c1cc3c(cc1n2-c1ccc(-c2ccc4c(c2)c2ccccc2n4-c2ccccc2)cc1)-c1ccccc1C3(C)C. The highest BCUT2D eigenvalue weighted by Crippen LogP contribution is 2.51. The molecule has 0 saturated carbocycles. The first-order valence-electron chi connectivity index (χ1n) is 17.8. The van der Waals surface area contributed by atoms with Crippen LogP contribution in [0.2, 0.25) is 0 Å². The fraction of sp³-hybridized carbons (Fsp3) is 0.125. The Bertz CT molecular complexity index is 2790. The summed E-state index contributed by atoms with van der Waals surface area (Å²) in [5.41, 5.74) is 16.6. The Hall–Kier alpha value is -5.86. The molecule has 240 valence electrons. The molecule has 0 radical (unpaired) electrons. The molecule has 0 fully saturated rings. The van der Waals surface area contributed by atoms with Crippen LogP contribution >= 0.6 is 0 Å². The molecule has 0 unspecified atom stereocenters. The van der Waals surface area contributed by atoms with Crippen molar-refractivity contribution in [2.24, 2.45) is 0 Å². The molecule has 0 amide bonds. The van der Waals surface area contributed by atoms with Gasteiger partial charge < -0.3 is 9.13 Å². The van der Waals surface area contributed by atoms with E-state index in [1.807, 2.05) is 0 Å². The Balaban J connectivity index is 1.14. The predicted molar refractivity (Wildman–Crippen MR) is 212 cm³/mol. The summed E-state index contributed by atoms with van der Waals surface area (Å²) in [6.07, 6.45) is 0. The maximum Gasteiger partial charge on any atom is 0.0547 e. The first-order chi connectivity index (χ1) is 24.4. The van der Waals surface area contributed by atoms with Gasteiger partial charge in [0, 0.05) is 38.3 Å². The van der Waals surface area contributed by atoms with Gasteiger partial charge in [0.15, 0.2) is 0 Å². The van der Waals surface area contributed by atoms with Crippen molar-refractivity contribution < 1.29 is 0 Å². The molecule has 0 bridgehead atoms. The molecule has 10 rings (SSSR count). The molecule has 2 heteroatoms. The lowest BCUT2D eigenvalue weighted by atomic mass is 9.82. The van der Waals surface area contributed by atoms with Crippen molar-refractivity contribution in [2.75, 3.05) is 0 Å². The van der Waals surface area contributed by atoms with E-state index in [2.05, 4.69) is 188 Å². The van der Waals surface area contributed by atoms with E-state index >= 15 is 0 Å². The average molecular weight is 643 g/mol. The quantitative estimate of drug-likeness (QED) is 0.181. The topological polar surface area (TPSA) is 9.86 Å². The maximum atomic E-state index is 2.49. The number of fused-ring (bicyclic) bond motifs is 9. The molecule has 0 atom stereocenters. The fourth-order valence-electron chi connectivity index (χ4n) is 8.68. The van der Waals surface area contributed by atoms with Gasteiger partial charge in [-0.3, -0.25) is 0 Å². The number of hydrogen-bond acceptors (Lipinski definition) is 0. The summed E-state index contributed by atoms with van der Waals surface area (Å²) in [6.45, 7) is 9.32. The van der Waals surface area contributed by atoms with E-state index in [1.54, 1.807) is 0 Å². The first kappa shape index (κ1) is 29.1. The molecule has 2 nitrogen and oxygen atoms in total. The summed E-state index contributed by atoms with van der Waals surface area (Å²) in [5, 5.41) is 5.19. The fourth-order valence-corrected chi connectivity index (χ4v) is 8.68. The van der Waals surface area contributed by atoms with Crippen LogP contribution in [0.3, 0.4) is 0 Å². The van der Waals surface area contributed by atoms with Crippen LogP contribution < -0.4 is 0 Å². The van der Waals surface area contributed by atoms with Gasteiger partial charge in [0.25, 0.3) is 0 Å². The minimum Gasteiger partial charge on any atom is -0.309 e. The molecule has 0 saturated heterocycles. The average Bonchev–Trinajstić information content (AvgIpc) is 3.73. The Morgan fingerprint density at radius 1 is 0.420 bits per heavy atom. The number of nitrogens with zero attached hydrogens (tertiary/aromatic N) is 2. The molecular formula is C48H38N2. The molecule has 1 aliphatic rings. The Labute approximate surface area is 292 Å². The van der Waals surface area contributed by atoms with Gasteiger partial charge in [-0.1, -0.05) is 113 Å². The first-order valence-corrected chi connectivity index (χ1v) is 17.8. The van der Waals surface area contributed by atoms with Crippen LogP contribution in [0.5, 0.6) is 0 Å². The molecule has 9 aromatic rings. The molecule has 2 aromatic heterocycles. The standard InChI is InChI=1S/C48H38N2/c1-30(2)32-20-24-46-40(26-32)41-28-43-38(36-14-8-10-16-42(36)48(43,3)4)29-47(41)50(46)35-22-18-31(19-23-35)33-21-25-45-39(27-33)37-15-9-11-17-44(37)49(45)34-12-6-5-7-13-34/h5-30H,1-4H3. The van der Waals surface area contributed by atoms with E-state index < -0.39 is 0 Å². The van der Waals surface area contributed by atoms with Crippen molar-refractivity contribution >= 4 is 43.6 Å². The van der Waals surface area contributed by atoms with Gasteiger partial charge in [0.1, 0.15) is 0 Å². The van der Waals surface area contributed by atoms with E-state index in [1.165, 1.54) is 93.9 Å². The molecule has 0 aliphatic heterocycles. The van der Waals surface area contributed by atoms with Crippen molar-refractivity contribution in [3.63, 3.8) is 0 Å². The highest BCUT2D eigenvalue weighted by atomic mass is 15.0. The van der Waals surface area contributed by atoms with Crippen LogP contribution in [0.1, 0.15) is 50.3 Å². The van der Waals surface area contributed by atoms with Gasteiger partial charge in [-0.2, -0.15) is 0 Å². The van der Waals surface area contributed by atoms with Gasteiger partial charge in [0.05, 0.1) is 22.1 Å². The van der Waals surface area contributed by atoms with E-state index in [4.69, 9.17) is 0 Å². The number of hydrogen-bond donors (Lipinski definition) is 0. The lowest BCUT2D eigenvalue weighted by molar-refractivity contribution is 0.661. The van der Waals surface area contributed by atoms with E-state index in [0.717, 1.165) is 0 Å². The maximum absolute atomic E-state index is 2.49. The third kappa shape index (κ3) is 4.08. The number of para-hydroxylation sites is 2. The van der Waals surface area contributed by atoms with Crippen LogP contribution in [0.4, 0.5) is 0 Å². The van der Waals surface area contributed by atoms with Crippen LogP contribution in [0, 0.1) is 0 Å². The lowest BCUT2D eigenvalue weighted by Gasteiger charge is -2.21. The second-order valence-corrected chi connectivity index (χ2v) is 14.8. The van der Waals surface area contributed by atoms with Crippen molar-refractivity contribution in [3.8, 4) is 33.6 Å². The summed E-state index contributed by atoms with van der Waals surface area (Å²) in [4.78, 5) is 0. The van der Waals surface area contributed by atoms with Crippen LogP contribution in [-0.4, -0.2) is 9.13 Å². The second kappa shape index (κ2) is 10.6. The number of rotatable bonds is 4. The molecule has 0 N–H and O–H groups in total. The highest BCUT2D eigenvalue weighted by Gasteiger charge is 2.36. The number of aromatic nitrogens is 2. The molecular weight excluding hydrogens is 605 g/mol. The second-order valence-electron chi connectivity index (χ2n) is 14.8. The van der Waals surface area contributed by atoms with Crippen LogP contribution in [-0.2, 0) is 5.41 Å². The smallest absolute Gasteiger partial charge is 0.0547 e. The minimum absolute atomic E-state index is 0.0413. The summed E-state index contributed by atoms with van der Waals surface area (Å²) in [7, 11) is 0. The zero-order valence-electron chi connectivity index (χ0n) is 28.9. The summed E-state index contributed by atoms with van der Waals surface area (Å²) >= 11 is 0. The minimum atomic E-state index is -0.0413. The Morgan fingerprint density at radius 3 is 1.82 bits per heavy atom. The molecule has 50 heavy (non-hydrogen) atoms. The van der Waals surface area contributed by atoms with Gasteiger partial charge in [-0.05, 0) is 112 Å². The van der Waals surface area contributed by atoms with Crippen molar-refractivity contribution in [1.29, 1.82) is 0 Å². The molecule has 1 aliphatic carbocycles. The third-order valence-electron chi connectivity index (χ3n) is 11.3. The van der Waals surface area contributed by atoms with E-state index in [9.17, 15) is 0 Å². The number of benzene rings is 7. The van der Waals surface area contributed by atoms with Crippen LogP contribution in [0.25, 0.3) is 77.2 Å². The van der Waals surface area contributed by atoms with Gasteiger partial charge in [-0.25, -0.2) is 0 Å². The van der Waals surface area contributed by atoms with Gasteiger partial charge >= 0.3 is 0 Å². The van der Waals surface area contributed by atoms with Gasteiger partial charge in [-0.15, -0.1) is 0 Å². The molecule has 2 heterocycles. The zero-order valence-corrected chi connectivity index (χ0v) is 28.9. The third-order valence-corrected chi connectivity index (χ3v) is 11.3. The van der Waals surface area contributed by atoms with E-state index in [-0.39, 0.29) is 5.41 Å². The van der Waals surface area contributed by atoms with Crippen LogP contribution in [0.15, 0.2) is 152 Å². The normalized spacial score (nSPS) is 13.5. The van der Waals surface area contributed by atoms with E-state index in [0.29, 0.717) is 5.92 Å². The Kier molecular flexibility index (Phi) is 6.15. The highest BCUT2D eigenvalue weighted by molar-refractivity contribution is 6.12. The molecule has 7 aromatic carbocycles.